The first-order valence-electron chi connectivity index (χ1n) is 13.1. The van der Waals surface area contributed by atoms with Gasteiger partial charge >= 0.3 is 5.97 Å². The van der Waals surface area contributed by atoms with Crippen molar-refractivity contribution in [1.82, 2.24) is 0 Å². The zero-order chi connectivity index (χ0) is 29.6. The van der Waals surface area contributed by atoms with Gasteiger partial charge in [-0.05, 0) is 74.5 Å². The number of nitrogens with one attached hydrogen (secondary N) is 1. The molecule has 2 aromatic rings. The second-order valence-corrected chi connectivity index (χ2v) is 13.8. The normalized spacial score (nSPS) is 25.1. The van der Waals surface area contributed by atoms with Gasteiger partial charge in [0.25, 0.3) is 5.91 Å². The molecule has 4 rings (SSSR count). The molecule has 5 atom stereocenters. The minimum atomic E-state index is -4.06. The molecular formula is C28H31ClF3NO6S. The van der Waals surface area contributed by atoms with Crippen molar-refractivity contribution in [2.45, 2.75) is 68.1 Å². The van der Waals surface area contributed by atoms with Gasteiger partial charge in [-0.25, -0.2) is 21.6 Å². The average Bonchev–Trinajstić information content (AvgIpc) is 3.03. The lowest BCUT2D eigenvalue weighted by atomic mass is 9.70. The Morgan fingerprint density at radius 2 is 1.65 bits per heavy atom. The van der Waals surface area contributed by atoms with Crippen LogP contribution in [-0.2, 0) is 14.6 Å². The Bertz CT molecular complexity index is 1400. The van der Waals surface area contributed by atoms with E-state index in [-0.39, 0.29) is 58.2 Å². The molecule has 7 nitrogen and oxygen atoms in total. The number of benzene rings is 2. The molecule has 3 unspecified atom stereocenters. The van der Waals surface area contributed by atoms with Crippen LogP contribution in [0.25, 0.3) is 0 Å². The molecule has 0 aliphatic heterocycles. The fourth-order valence-electron chi connectivity index (χ4n) is 6.27. The Morgan fingerprint density at radius 1 is 1.07 bits per heavy atom. The van der Waals surface area contributed by atoms with Crippen LogP contribution in [0.5, 0.6) is 0 Å². The van der Waals surface area contributed by atoms with E-state index in [9.17, 15) is 41.4 Å². The number of anilines is 1. The lowest BCUT2D eigenvalue weighted by Crippen LogP contribution is -2.48. The highest BCUT2D eigenvalue weighted by molar-refractivity contribution is 7.92. The minimum absolute atomic E-state index is 0.107. The third-order valence-electron chi connectivity index (χ3n) is 8.53. The van der Waals surface area contributed by atoms with E-state index in [1.54, 1.807) is 0 Å². The second-order valence-electron chi connectivity index (χ2n) is 11.2. The summed E-state index contributed by atoms with van der Waals surface area (Å²) in [6, 6.07) is 4.78. The molecule has 0 radical (unpaired) electrons. The molecule has 0 spiro atoms. The average molecular weight is 602 g/mol. The van der Waals surface area contributed by atoms with Crippen LogP contribution >= 0.6 is 11.6 Å². The lowest BCUT2D eigenvalue weighted by molar-refractivity contribution is -0.144. The number of fused-ring (bicyclic) bond motifs is 2. The topological polar surface area (TPSA) is 121 Å². The van der Waals surface area contributed by atoms with Gasteiger partial charge in [-0.15, -0.1) is 0 Å². The molecule has 0 aromatic heterocycles. The first-order valence-corrected chi connectivity index (χ1v) is 15.0. The van der Waals surface area contributed by atoms with Crippen molar-refractivity contribution in [2.24, 2.45) is 23.7 Å². The largest absolute Gasteiger partial charge is 0.481 e. The van der Waals surface area contributed by atoms with Crippen molar-refractivity contribution in [2.75, 3.05) is 5.32 Å². The number of carboxylic acids is 1. The fourth-order valence-corrected chi connectivity index (χ4v) is 8.68. The predicted octanol–water partition coefficient (Wildman–Crippen LogP) is 5.84. The molecule has 1 amide bonds. The van der Waals surface area contributed by atoms with Crippen LogP contribution in [0.3, 0.4) is 0 Å². The van der Waals surface area contributed by atoms with Crippen LogP contribution in [0, 0.1) is 41.1 Å². The number of halogens is 4. The summed E-state index contributed by atoms with van der Waals surface area (Å²) >= 11 is 6.26. The molecule has 218 valence electrons. The van der Waals surface area contributed by atoms with Crippen LogP contribution in [0.4, 0.5) is 18.9 Å². The van der Waals surface area contributed by atoms with Crippen molar-refractivity contribution >= 4 is 39.0 Å². The zero-order valence-corrected chi connectivity index (χ0v) is 23.5. The first kappa shape index (κ1) is 30.3. The maximum Gasteiger partial charge on any atom is 0.306 e. The van der Waals surface area contributed by atoms with Crippen molar-refractivity contribution in [1.29, 1.82) is 0 Å². The third kappa shape index (κ3) is 5.73. The summed E-state index contributed by atoms with van der Waals surface area (Å²) in [5.41, 5.74) is -1.65. The van der Waals surface area contributed by atoms with Crippen LogP contribution < -0.4 is 5.32 Å². The molecule has 2 aliphatic rings. The monoisotopic (exact) mass is 601 g/mol. The van der Waals surface area contributed by atoms with Gasteiger partial charge in [0.15, 0.2) is 27.3 Å². The van der Waals surface area contributed by atoms with E-state index in [2.05, 4.69) is 5.32 Å². The number of rotatable bonds is 9. The summed E-state index contributed by atoms with van der Waals surface area (Å²) in [5, 5.41) is 22.3. The molecule has 2 saturated carbocycles. The van der Waals surface area contributed by atoms with Gasteiger partial charge in [0.1, 0.15) is 0 Å². The number of amides is 1. The van der Waals surface area contributed by atoms with Gasteiger partial charge in [-0.2, -0.15) is 0 Å². The number of aliphatic hydroxyl groups is 1. The standard InChI is InChI=1S/C28H31ClF3NO6S/c1-14(2)20(27(35)36)7-8-28(37)16-4-5-17(28)11-19(10-16)40(38,39)24-9-15(3-6-21(24)29)26(34)33-18-12-22(30)25(32)23(31)13-18/h3,6,9,12-14,16-17,19-20,37H,4-5,7-8,10-11H2,1-2H3,(H,33,34)(H,35,36)/t16-,17?,19?,20-,28?/m0/s1. The van der Waals surface area contributed by atoms with Gasteiger partial charge in [0, 0.05) is 23.4 Å². The first-order chi connectivity index (χ1) is 18.6. The van der Waals surface area contributed by atoms with E-state index >= 15 is 0 Å². The molecule has 0 saturated heterocycles. The predicted molar refractivity (Wildman–Crippen MR) is 142 cm³/mol. The fraction of sp³-hybridized carbons (Fsp3) is 0.500. The summed E-state index contributed by atoms with van der Waals surface area (Å²) < 4.78 is 67.8. The molecular weight excluding hydrogens is 571 g/mol. The van der Waals surface area contributed by atoms with Crippen molar-refractivity contribution in [3.63, 3.8) is 0 Å². The molecule has 2 bridgehead atoms. The SMILES string of the molecule is CC(C)[C@H](CCC1(O)C2CC[C@H]1CC(S(=O)(=O)c1cc(C(=O)Nc3cc(F)c(F)c(F)c3)ccc1Cl)C2)C(=O)O. The van der Waals surface area contributed by atoms with E-state index in [1.165, 1.54) is 12.1 Å². The van der Waals surface area contributed by atoms with Gasteiger partial charge in [0.05, 0.1) is 26.7 Å². The van der Waals surface area contributed by atoms with E-state index in [0.29, 0.717) is 31.4 Å². The molecule has 2 aromatic carbocycles. The second kappa shape index (κ2) is 11.3. The van der Waals surface area contributed by atoms with E-state index in [1.807, 2.05) is 13.8 Å². The highest BCUT2D eigenvalue weighted by Crippen LogP contribution is 2.54. The Balaban J connectivity index is 1.53. The summed E-state index contributed by atoms with van der Waals surface area (Å²) in [7, 11) is -4.06. The highest BCUT2D eigenvalue weighted by Gasteiger charge is 2.55. The van der Waals surface area contributed by atoms with Crippen LogP contribution in [0.15, 0.2) is 35.2 Å². The molecule has 3 N–H and O–H groups in total. The molecule has 2 fully saturated rings. The number of aliphatic carboxylic acids is 1. The zero-order valence-electron chi connectivity index (χ0n) is 22.0. The van der Waals surface area contributed by atoms with Crippen molar-refractivity contribution in [3.8, 4) is 0 Å². The van der Waals surface area contributed by atoms with E-state index in [4.69, 9.17) is 11.6 Å². The number of sulfone groups is 1. The summed E-state index contributed by atoms with van der Waals surface area (Å²) in [6.45, 7) is 3.63. The molecule has 12 heteroatoms. The smallest absolute Gasteiger partial charge is 0.306 e. The Kier molecular flexibility index (Phi) is 8.59. The minimum Gasteiger partial charge on any atom is -0.481 e. The Hall–Kier alpha value is -2.63. The van der Waals surface area contributed by atoms with Gasteiger partial charge in [-0.1, -0.05) is 25.4 Å². The van der Waals surface area contributed by atoms with E-state index < -0.39 is 55.9 Å². The number of carboxylic acid groups (broad SMARTS) is 1. The van der Waals surface area contributed by atoms with Crippen LogP contribution in [0.2, 0.25) is 5.02 Å². The Labute approximate surface area is 235 Å². The number of carbonyl (C=O) groups is 2. The maximum absolute atomic E-state index is 13.7. The summed E-state index contributed by atoms with van der Waals surface area (Å²) in [5.74, 6) is -7.86. The third-order valence-corrected chi connectivity index (χ3v) is 11.2. The molecule has 0 heterocycles. The van der Waals surface area contributed by atoms with Crippen molar-refractivity contribution in [3.05, 3.63) is 58.4 Å². The Morgan fingerprint density at radius 3 is 2.17 bits per heavy atom. The van der Waals surface area contributed by atoms with Gasteiger partial charge in [0.2, 0.25) is 0 Å². The number of carbonyl (C=O) groups excluding carboxylic acids is 1. The number of hydrogen-bond donors (Lipinski definition) is 3. The van der Waals surface area contributed by atoms with Crippen LogP contribution in [0.1, 0.15) is 62.7 Å². The highest BCUT2D eigenvalue weighted by atomic mass is 35.5. The lowest BCUT2D eigenvalue weighted by Gasteiger charge is -2.43. The molecule has 2 aliphatic carbocycles. The van der Waals surface area contributed by atoms with Gasteiger partial charge in [-0.3, -0.25) is 9.59 Å². The number of hydrogen-bond acceptors (Lipinski definition) is 5. The van der Waals surface area contributed by atoms with Crippen LogP contribution in [-0.4, -0.2) is 41.4 Å². The van der Waals surface area contributed by atoms with Gasteiger partial charge < -0.3 is 15.5 Å². The van der Waals surface area contributed by atoms with E-state index in [0.717, 1.165) is 6.07 Å². The van der Waals surface area contributed by atoms with Crippen molar-refractivity contribution < 1.29 is 41.4 Å². The quantitative estimate of drug-likeness (QED) is 0.311. The molecule has 40 heavy (non-hydrogen) atoms. The summed E-state index contributed by atoms with van der Waals surface area (Å²) in [4.78, 5) is 24.1. The summed E-state index contributed by atoms with van der Waals surface area (Å²) in [6.07, 6.45) is 2.12. The maximum atomic E-state index is 13.7.